The second-order valence-corrected chi connectivity index (χ2v) is 5.42. The van der Waals surface area contributed by atoms with Gasteiger partial charge in [-0.3, -0.25) is 9.59 Å². The first-order valence-electron chi connectivity index (χ1n) is 6.08. The van der Waals surface area contributed by atoms with E-state index in [2.05, 4.69) is 21.2 Å². The molecular formula is C14H16BrN3O2. The van der Waals surface area contributed by atoms with E-state index in [4.69, 9.17) is 5.26 Å². The second kappa shape index (κ2) is 7.06. The van der Waals surface area contributed by atoms with Crippen molar-refractivity contribution in [2.45, 2.75) is 26.3 Å². The lowest BCUT2D eigenvalue weighted by molar-refractivity contribution is -0.143. The maximum Gasteiger partial charge on any atom is 0.313 e. The number of nitrogens with one attached hydrogen (secondary N) is 1. The molecule has 0 saturated heterocycles. The van der Waals surface area contributed by atoms with Crippen LogP contribution in [0.4, 0.5) is 5.69 Å². The molecule has 0 saturated carbocycles. The minimum atomic E-state index is -0.719. The molecule has 1 N–H and O–H groups in total. The number of anilines is 1. The van der Waals surface area contributed by atoms with Crippen LogP contribution in [0.1, 0.15) is 18.9 Å². The molecule has 0 heterocycles. The highest BCUT2D eigenvalue weighted by Gasteiger charge is 2.23. The van der Waals surface area contributed by atoms with Gasteiger partial charge in [0.1, 0.15) is 0 Å². The fourth-order valence-electron chi connectivity index (χ4n) is 1.54. The van der Waals surface area contributed by atoms with Crippen LogP contribution in [0.2, 0.25) is 0 Å². The van der Waals surface area contributed by atoms with Gasteiger partial charge in [-0.2, -0.15) is 5.26 Å². The van der Waals surface area contributed by atoms with Gasteiger partial charge in [0.25, 0.3) is 0 Å². The van der Waals surface area contributed by atoms with Crippen molar-refractivity contribution in [1.82, 2.24) is 4.90 Å². The molecule has 0 bridgehead atoms. The van der Waals surface area contributed by atoms with Crippen molar-refractivity contribution in [1.29, 1.82) is 5.26 Å². The number of carbonyl (C=O) groups excluding carboxylic acids is 2. The lowest BCUT2D eigenvalue weighted by Gasteiger charge is -2.22. The average molecular weight is 338 g/mol. The predicted octanol–water partition coefficient (Wildman–Crippen LogP) is 2.46. The van der Waals surface area contributed by atoms with Crippen molar-refractivity contribution in [2.24, 2.45) is 0 Å². The van der Waals surface area contributed by atoms with Crippen LogP contribution in [0.3, 0.4) is 0 Å². The van der Waals surface area contributed by atoms with Gasteiger partial charge in [-0.25, -0.2) is 0 Å². The largest absolute Gasteiger partial charge is 0.334 e. The van der Waals surface area contributed by atoms with Crippen LogP contribution in [0.5, 0.6) is 0 Å². The number of amides is 2. The first-order chi connectivity index (χ1) is 9.36. The molecule has 1 unspecified atom stereocenters. The Kier molecular flexibility index (Phi) is 5.71. The zero-order valence-corrected chi connectivity index (χ0v) is 13.2. The van der Waals surface area contributed by atoms with E-state index in [1.165, 1.54) is 11.9 Å². The summed E-state index contributed by atoms with van der Waals surface area (Å²) in [6.07, 6.45) is 0.184. The maximum atomic E-state index is 11.9. The number of hydrogen-bond acceptors (Lipinski definition) is 3. The summed E-state index contributed by atoms with van der Waals surface area (Å²) in [6.45, 7) is 3.61. The summed E-state index contributed by atoms with van der Waals surface area (Å²) >= 11 is 3.32. The number of rotatable bonds is 3. The van der Waals surface area contributed by atoms with Crippen molar-refractivity contribution in [3.05, 3.63) is 28.2 Å². The normalized spacial score (nSPS) is 11.3. The summed E-state index contributed by atoms with van der Waals surface area (Å²) in [4.78, 5) is 25.1. The summed E-state index contributed by atoms with van der Waals surface area (Å²) in [5.41, 5.74) is 1.52. The van der Waals surface area contributed by atoms with Gasteiger partial charge in [0.15, 0.2) is 0 Å². The van der Waals surface area contributed by atoms with Crippen LogP contribution < -0.4 is 5.32 Å². The number of likely N-dealkylation sites (N-methyl/N-ethyl adjacent to an activating group) is 1. The molecule has 20 heavy (non-hydrogen) atoms. The van der Waals surface area contributed by atoms with Crippen LogP contribution in [0.25, 0.3) is 0 Å². The standard InChI is InChI=1S/C14H16BrN3O2/c1-9-4-5-11(15)12(8-9)17-13(19)14(20)18(3)10(2)6-7-16/h4-5,8,10H,6H2,1-3H3,(H,17,19). The van der Waals surface area contributed by atoms with Crippen molar-refractivity contribution < 1.29 is 9.59 Å². The lowest BCUT2D eigenvalue weighted by Crippen LogP contribution is -2.42. The summed E-state index contributed by atoms with van der Waals surface area (Å²) in [5, 5.41) is 11.2. The van der Waals surface area contributed by atoms with Gasteiger partial charge in [0, 0.05) is 17.6 Å². The maximum absolute atomic E-state index is 11.9. The third kappa shape index (κ3) is 4.07. The number of carbonyl (C=O) groups is 2. The fourth-order valence-corrected chi connectivity index (χ4v) is 1.89. The molecule has 1 atom stereocenters. The van der Waals surface area contributed by atoms with Crippen LogP contribution in [-0.2, 0) is 9.59 Å². The Morgan fingerprint density at radius 2 is 2.15 bits per heavy atom. The molecule has 1 aromatic rings. The molecule has 0 aliphatic heterocycles. The number of benzene rings is 1. The van der Waals surface area contributed by atoms with Crippen molar-refractivity contribution >= 4 is 33.4 Å². The zero-order chi connectivity index (χ0) is 15.3. The monoisotopic (exact) mass is 337 g/mol. The van der Waals surface area contributed by atoms with Gasteiger partial charge in [-0.05, 0) is 47.5 Å². The molecule has 1 rings (SSSR count). The molecule has 2 amide bonds. The van der Waals surface area contributed by atoms with E-state index in [0.29, 0.717) is 10.2 Å². The Bertz CT molecular complexity index is 566. The smallest absolute Gasteiger partial charge is 0.313 e. The highest BCUT2D eigenvalue weighted by Crippen LogP contribution is 2.23. The van der Waals surface area contributed by atoms with Gasteiger partial charge < -0.3 is 10.2 Å². The average Bonchev–Trinajstić information content (AvgIpc) is 2.41. The Morgan fingerprint density at radius 3 is 2.75 bits per heavy atom. The Hall–Kier alpha value is -1.87. The van der Waals surface area contributed by atoms with E-state index in [1.54, 1.807) is 19.1 Å². The van der Waals surface area contributed by atoms with E-state index >= 15 is 0 Å². The van der Waals surface area contributed by atoms with E-state index in [1.807, 2.05) is 19.1 Å². The van der Waals surface area contributed by atoms with Crippen LogP contribution in [0, 0.1) is 18.3 Å². The Balaban J connectivity index is 2.78. The first-order valence-corrected chi connectivity index (χ1v) is 6.87. The zero-order valence-electron chi connectivity index (χ0n) is 11.6. The Labute approximate surface area is 126 Å². The van der Waals surface area contributed by atoms with Gasteiger partial charge in [0.2, 0.25) is 0 Å². The molecule has 1 aromatic carbocycles. The quantitative estimate of drug-likeness (QED) is 0.861. The number of aryl methyl sites for hydroxylation is 1. The third-order valence-corrected chi connectivity index (χ3v) is 3.62. The topological polar surface area (TPSA) is 73.2 Å². The molecule has 0 spiro atoms. The van der Waals surface area contributed by atoms with Gasteiger partial charge in [-0.1, -0.05) is 6.07 Å². The van der Waals surface area contributed by atoms with Crippen LogP contribution in [-0.4, -0.2) is 29.8 Å². The highest BCUT2D eigenvalue weighted by atomic mass is 79.9. The molecule has 5 nitrogen and oxygen atoms in total. The fraction of sp³-hybridized carbons (Fsp3) is 0.357. The molecular weight excluding hydrogens is 322 g/mol. The number of hydrogen-bond donors (Lipinski definition) is 1. The van der Waals surface area contributed by atoms with Crippen LogP contribution in [0.15, 0.2) is 22.7 Å². The number of nitriles is 1. The summed E-state index contributed by atoms with van der Waals surface area (Å²) in [6, 6.07) is 7.14. The SMILES string of the molecule is Cc1ccc(Br)c(NC(=O)C(=O)N(C)C(C)CC#N)c1. The molecule has 0 aliphatic rings. The van der Waals surface area contributed by atoms with Crippen molar-refractivity contribution in [2.75, 3.05) is 12.4 Å². The molecule has 6 heteroatoms. The summed E-state index contributed by atoms with van der Waals surface area (Å²) in [7, 11) is 1.51. The predicted molar refractivity (Wildman–Crippen MR) is 80.0 cm³/mol. The number of halogens is 1. The third-order valence-electron chi connectivity index (χ3n) is 2.93. The van der Waals surface area contributed by atoms with Gasteiger partial charge in [0.05, 0.1) is 18.2 Å². The second-order valence-electron chi connectivity index (χ2n) is 4.56. The lowest BCUT2D eigenvalue weighted by atomic mass is 10.2. The number of nitrogens with zero attached hydrogens (tertiary/aromatic N) is 2. The molecule has 0 radical (unpaired) electrons. The van der Waals surface area contributed by atoms with Crippen molar-refractivity contribution in [3.63, 3.8) is 0 Å². The van der Waals surface area contributed by atoms with E-state index in [9.17, 15) is 9.59 Å². The van der Waals surface area contributed by atoms with E-state index in [0.717, 1.165) is 5.56 Å². The molecule has 106 valence electrons. The van der Waals surface area contributed by atoms with Gasteiger partial charge in [-0.15, -0.1) is 0 Å². The minimum absolute atomic E-state index is 0.184. The summed E-state index contributed by atoms with van der Waals surface area (Å²) in [5.74, 6) is -1.38. The van der Waals surface area contributed by atoms with E-state index in [-0.39, 0.29) is 12.5 Å². The molecule has 0 aliphatic carbocycles. The minimum Gasteiger partial charge on any atom is -0.334 e. The van der Waals surface area contributed by atoms with Gasteiger partial charge >= 0.3 is 11.8 Å². The summed E-state index contributed by atoms with van der Waals surface area (Å²) < 4.78 is 0.706. The Morgan fingerprint density at radius 1 is 1.50 bits per heavy atom. The first kappa shape index (κ1) is 16.2. The highest BCUT2D eigenvalue weighted by molar-refractivity contribution is 9.10. The van der Waals surface area contributed by atoms with Crippen molar-refractivity contribution in [3.8, 4) is 6.07 Å². The van der Waals surface area contributed by atoms with Crippen LogP contribution >= 0.6 is 15.9 Å². The molecule has 0 aromatic heterocycles. The van der Waals surface area contributed by atoms with E-state index < -0.39 is 11.8 Å². The molecule has 0 fully saturated rings.